The van der Waals surface area contributed by atoms with E-state index in [4.69, 9.17) is 4.74 Å². The van der Waals surface area contributed by atoms with Gasteiger partial charge in [-0.25, -0.2) is 0 Å². The Morgan fingerprint density at radius 2 is 1.90 bits per heavy atom. The number of fused-ring (bicyclic) bond motifs is 2. The van der Waals surface area contributed by atoms with E-state index in [0.717, 1.165) is 31.2 Å². The van der Waals surface area contributed by atoms with E-state index in [0.29, 0.717) is 31.5 Å². The molecule has 160 valence electrons. The molecule has 0 N–H and O–H groups in total. The van der Waals surface area contributed by atoms with Gasteiger partial charge in [0.15, 0.2) is 5.60 Å². The van der Waals surface area contributed by atoms with Crippen LogP contribution >= 0.6 is 0 Å². The van der Waals surface area contributed by atoms with E-state index < -0.39 is 5.60 Å². The number of hydrogen-bond donors (Lipinski definition) is 0. The molecule has 3 fully saturated rings. The number of ether oxygens (including phenoxy) is 1. The van der Waals surface area contributed by atoms with Crippen LogP contribution in [0.5, 0.6) is 0 Å². The van der Waals surface area contributed by atoms with Gasteiger partial charge in [-0.2, -0.15) is 0 Å². The van der Waals surface area contributed by atoms with Crippen LogP contribution in [0, 0.1) is 0 Å². The van der Waals surface area contributed by atoms with Crippen LogP contribution in [-0.4, -0.2) is 51.5 Å². The van der Waals surface area contributed by atoms with E-state index in [9.17, 15) is 9.59 Å². The molecule has 6 heteroatoms. The molecule has 1 aromatic heterocycles. The second kappa shape index (κ2) is 7.16. The highest BCUT2D eigenvalue weighted by Crippen LogP contribution is 2.48. The van der Waals surface area contributed by atoms with Crippen molar-refractivity contribution in [1.29, 1.82) is 0 Å². The Morgan fingerprint density at radius 3 is 2.71 bits per heavy atom. The van der Waals surface area contributed by atoms with Crippen LogP contribution in [0.25, 0.3) is 0 Å². The highest BCUT2D eigenvalue weighted by Gasteiger charge is 2.58. The van der Waals surface area contributed by atoms with Crippen molar-refractivity contribution in [3.05, 3.63) is 65.0 Å². The van der Waals surface area contributed by atoms with Gasteiger partial charge in [-0.3, -0.25) is 14.6 Å². The van der Waals surface area contributed by atoms with Crippen molar-refractivity contribution < 1.29 is 14.3 Å². The van der Waals surface area contributed by atoms with Crippen molar-refractivity contribution >= 4 is 11.8 Å². The molecule has 4 heterocycles. The van der Waals surface area contributed by atoms with Crippen molar-refractivity contribution in [3.8, 4) is 0 Å². The number of nitrogens with zero attached hydrogens (tertiary/aromatic N) is 3. The molecule has 6 rings (SSSR count). The SMILES string of the molecule is O=C(c1ccccc1)N1CCC2(CC1)O[C@@H]1CC[C@@H](c3cnc4c(c3)CCC4)N1C2=O. The zero-order chi connectivity index (χ0) is 21.0. The molecule has 0 saturated carbocycles. The number of carbonyl (C=O) groups excluding carboxylic acids is 2. The summed E-state index contributed by atoms with van der Waals surface area (Å²) < 4.78 is 6.42. The summed E-state index contributed by atoms with van der Waals surface area (Å²) in [5.74, 6) is 0.135. The molecular formula is C25H27N3O3. The number of benzene rings is 1. The van der Waals surface area contributed by atoms with E-state index in [1.54, 1.807) is 0 Å². The molecule has 0 bridgehead atoms. The quantitative estimate of drug-likeness (QED) is 0.753. The molecule has 6 nitrogen and oxygen atoms in total. The van der Waals surface area contributed by atoms with E-state index in [2.05, 4.69) is 11.1 Å². The third-order valence-corrected chi connectivity index (χ3v) is 7.52. The number of piperidine rings is 1. The van der Waals surface area contributed by atoms with Crippen LogP contribution in [0.15, 0.2) is 42.6 Å². The summed E-state index contributed by atoms with van der Waals surface area (Å²) in [6, 6.07) is 11.7. The van der Waals surface area contributed by atoms with Crippen LogP contribution < -0.4 is 0 Å². The Hall–Kier alpha value is -2.73. The second-order valence-electron chi connectivity index (χ2n) is 9.26. The van der Waals surface area contributed by atoms with E-state index >= 15 is 0 Å². The van der Waals surface area contributed by atoms with Gasteiger partial charge in [0.1, 0.15) is 6.23 Å². The lowest BCUT2D eigenvalue weighted by Gasteiger charge is -2.37. The fourth-order valence-corrected chi connectivity index (χ4v) is 5.83. The number of aromatic nitrogens is 1. The molecule has 2 aromatic rings. The number of rotatable bonds is 2. The zero-order valence-corrected chi connectivity index (χ0v) is 17.6. The summed E-state index contributed by atoms with van der Waals surface area (Å²) in [4.78, 5) is 34.9. The Morgan fingerprint density at radius 1 is 1.10 bits per heavy atom. The van der Waals surface area contributed by atoms with Crippen LogP contribution in [0.2, 0.25) is 0 Å². The average Bonchev–Trinajstić information content (AvgIpc) is 3.50. The highest BCUT2D eigenvalue weighted by atomic mass is 16.6. The molecule has 0 unspecified atom stereocenters. The summed E-state index contributed by atoms with van der Waals surface area (Å²) in [7, 11) is 0. The first-order valence-corrected chi connectivity index (χ1v) is 11.5. The number of pyridine rings is 1. The number of likely N-dealkylation sites (tertiary alicyclic amines) is 1. The lowest BCUT2D eigenvalue weighted by molar-refractivity contribution is -0.142. The molecular weight excluding hydrogens is 390 g/mol. The van der Waals surface area contributed by atoms with Crippen LogP contribution in [0.4, 0.5) is 0 Å². The summed E-state index contributed by atoms with van der Waals surface area (Å²) >= 11 is 0. The largest absolute Gasteiger partial charge is 0.342 e. The molecule has 0 radical (unpaired) electrons. The molecule has 3 saturated heterocycles. The predicted molar refractivity (Wildman–Crippen MR) is 114 cm³/mol. The van der Waals surface area contributed by atoms with Gasteiger partial charge in [-0.1, -0.05) is 24.3 Å². The van der Waals surface area contributed by atoms with Gasteiger partial charge in [-0.05, 0) is 55.4 Å². The summed E-state index contributed by atoms with van der Waals surface area (Å²) in [6.07, 6.45) is 8.05. The summed E-state index contributed by atoms with van der Waals surface area (Å²) in [5, 5.41) is 0. The number of hydrogen-bond acceptors (Lipinski definition) is 4. The summed E-state index contributed by atoms with van der Waals surface area (Å²) in [6.45, 7) is 1.09. The normalized spacial score (nSPS) is 26.4. The number of aryl methyl sites for hydroxylation is 2. The minimum Gasteiger partial charge on any atom is -0.342 e. The molecule has 31 heavy (non-hydrogen) atoms. The average molecular weight is 418 g/mol. The first-order valence-electron chi connectivity index (χ1n) is 11.5. The smallest absolute Gasteiger partial charge is 0.257 e. The van der Waals surface area contributed by atoms with Gasteiger partial charge in [0.05, 0.1) is 6.04 Å². The van der Waals surface area contributed by atoms with Crippen LogP contribution in [0.1, 0.15) is 65.3 Å². The maximum atomic E-state index is 13.6. The summed E-state index contributed by atoms with van der Waals surface area (Å²) in [5.41, 5.74) is 3.63. The van der Waals surface area contributed by atoms with Gasteiger partial charge in [0.25, 0.3) is 11.8 Å². The van der Waals surface area contributed by atoms with Crippen molar-refractivity contribution in [3.63, 3.8) is 0 Å². The highest BCUT2D eigenvalue weighted by molar-refractivity contribution is 5.95. The van der Waals surface area contributed by atoms with Gasteiger partial charge in [0.2, 0.25) is 0 Å². The molecule has 1 aromatic carbocycles. The Kier molecular flexibility index (Phi) is 4.39. The Labute approximate surface area is 182 Å². The standard InChI is InChI=1S/C25H27N3O3/c29-23(17-5-2-1-3-6-17)27-13-11-25(12-14-27)24(30)28-21(9-10-22(28)31-25)19-15-18-7-4-8-20(18)26-16-19/h1-3,5-6,15-16,21-22H,4,7-14H2/t21-,22+/m0/s1. The monoisotopic (exact) mass is 417 g/mol. The van der Waals surface area contributed by atoms with Crippen molar-refractivity contribution in [2.45, 2.75) is 62.8 Å². The van der Waals surface area contributed by atoms with Gasteiger partial charge < -0.3 is 14.5 Å². The first kappa shape index (κ1) is 19.0. The minimum absolute atomic E-state index is 0.0310. The van der Waals surface area contributed by atoms with Crippen molar-refractivity contribution in [2.24, 2.45) is 0 Å². The Bertz CT molecular complexity index is 1030. The van der Waals surface area contributed by atoms with Gasteiger partial charge in [0, 0.05) is 43.4 Å². The second-order valence-corrected chi connectivity index (χ2v) is 9.26. The maximum absolute atomic E-state index is 13.6. The lowest BCUT2D eigenvalue weighted by atomic mass is 9.89. The van der Waals surface area contributed by atoms with E-state index in [-0.39, 0.29) is 24.1 Å². The molecule has 4 aliphatic rings. The molecule has 2 atom stereocenters. The zero-order valence-electron chi connectivity index (χ0n) is 17.6. The first-order chi connectivity index (χ1) is 15.1. The third-order valence-electron chi connectivity index (χ3n) is 7.52. The van der Waals surface area contributed by atoms with Gasteiger partial charge >= 0.3 is 0 Å². The molecule has 1 aliphatic carbocycles. The minimum atomic E-state index is -0.777. The number of amides is 2. The topological polar surface area (TPSA) is 62.7 Å². The van der Waals surface area contributed by atoms with Crippen molar-refractivity contribution in [2.75, 3.05) is 13.1 Å². The van der Waals surface area contributed by atoms with Gasteiger partial charge in [-0.15, -0.1) is 0 Å². The Balaban J connectivity index is 1.18. The van der Waals surface area contributed by atoms with E-state index in [1.807, 2.05) is 46.3 Å². The van der Waals surface area contributed by atoms with Crippen LogP contribution in [-0.2, 0) is 22.4 Å². The molecule has 2 amide bonds. The fourth-order valence-electron chi connectivity index (χ4n) is 5.83. The molecule has 3 aliphatic heterocycles. The molecule has 1 spiro atoms. The lowest BCUT2D eigenvalue weighted by Crippen LogP contribution is -2.51. The van der Waals surface area contributed by atoms with Crippen LogP contribution in [0.3, 0.4) is 0 Å². The fraction of sp³-hybridized carbons (Fsp3) is 0.480. The number of carbonyl (C=O) groups is 2. The van der Waals surface area contributed by atoms with Crippen molar-refractivity contribution in [1.82, 2.24) is 14.8 Å². The maximum Gasteiger partial charge on any atom is 0.257 e. The third kappa shape index (κ3) is 2.99. The van der Waals surface area contributed by atoms with E-state index in [1.165, 1.54) is 17.7 Å². The predicted octanol–water partition coefficient (Wildman–Crippen LogP) is 3.27.